The van der Waals surface area contributed by atoms with Crippen molar-refractivity contribution in [3.8, 4) is 11.6 Å². The molecule has 2 heterocycles. The van der Waals surface area contributed by atoms with Crippen LogP contribution in [0.1, 0.15) is 4.88 Å². The topological polar surface area (TPSA) is 90.2 Å². The molecule has 7 nitrogen and oxygen atoms in total. The SMILES string of the molecule is O=[N+]([O-])c1c(NCCc2cccs2)ncnc1Oc1ccc2ccccc2c1. The molecule has 0 atom stereocenters. The molecule has 2 aromatic carbocycles. The summed E-state index contributed by atoms with van der Waals surface area (Å²) in [5.41, 5.74) is -0.276. The molecule has 8 heteroatoms. The first-order chi connectivity index (χ1) is 13.7. The van der Waals surface area contributed by atoms with Crippen LogP contribution in [0.5, 0.6) is 11.6 Å². The zero-order valence-electron chi connectivity index (χ0n) is 14.7. The van der Waals surface area contributed by atoms with Gasteiger partial charge in [-0.25, -0.2) is 4.98 Å². The molecule has 0 aliphatic heterocycles. The summed E-state index contributed by atoms with van der Waals surface area (Å²) in [5, 5.41) is 18.7. The molecule has 0 aliphatic rings. The van der Waals surface area contributed by atoms with Crippen molar-refractivity contribution in [2.45, 2.75) is 6.42 Å². The number of thiophene rings is 1. The van der Waals surface area contributed by atoms with Crippen LogP contribution in [0.4, 0.5) is 11.5 Å². The second kappa shape index (κ2) is 8.01. The quantitative estimate of drug-likeness (QED) is 0.350. The number of rotatable bonds is 7. The Morgan fingerprint density at radius 3 is 2.71 bits per heavy atom. The fourth-order valence-corrected chi connectivity index (χ4v) is 3.54. The molecule has 0 amide bonds. The van der Waals surface area contributed by atoms with E-state index in [0.717, 1.165) is 17.2 Å². The van der Waals surface area contributed by atoms with Crippen molar-refractivity contribution in [1.29, 1.82) is 0 Å². The Kier molecular flexibility index (Phi) is 5.11. The van der Waals surface area contributed by atoms with E-state index in [1.807, 2.05) is 53.9 Å². The third kappa shape index (κ3) is 3.91. The first kappa shape index (κ1) is 17.9. The molecule has 4 aromatic rings. The Morgan fingerprint density at radius 1 is 1.07 bits per heavy atom. The minimum atomic E-state index is -0.524. The third-order valence-corrected chi connectivity index (χ3v) is 5.09. The lowest BCUT2D eigenvalue weighted by molar-refractivity contribution is -0.385. The van der Waals surface area contributed by atoms with Gasteiger partial charge >= 0.3 is 11.6 Å². The van der Waals surface area contributed by atoms with Gasteiger partial charge in [-0.3, -0.25) is 10.1 Å². The normalized spacial score (nSPS) is 10.7. The van der Waals surface area contributed by atoms with Gasteiger partial charge in [0.05, 0.1) is 4.92 Å². The lowest BCUT2D eigenvalue weighted by Crippen LogP contribution is -2.09. The van der Waals surface area contributed by atoms with Gasteiger partial charge in [-0.05, 0) is 40.8 Å². The van der Waals surface area contributed by atoms with Crippen LogP contribution in [-0.4, -0.2) is 21.4 Å². The van der Waals surface area contributed by atoms with Crippen molar-refractivity contribution < 1.29 is 9.66 Å². The average Bonchev–Trinajstić information content (AvgIpc) is 3.21. The van der Waals surface area contributed by atoms with E-state index in [2.05, 4.69) is 15.3 Å². The minimum Gasteiger partial charge on any atom is -0.434 e. The van der Waals surface area contributed by atoms with E-state index in [0.29, 0.717) is 12.3 Å². The highest BCUT2D eigenvalue weighted by atomic mass is 32.1. The zero-order chi connectivity index (χ0) is 19.3. The highest BCUT2D eigenvalue weighted by molar-refractivity contribution is 7.09. The van der Waals surface area contributed by atoms with Crippen molar-refractivity contribution in [3.05, 3.63) is 81.3 Å². The van der Waals surface area contributed by atoms with Gasteiger partial charge in [-0.15, -0.1) is 11.3 Å². The smallest absolute Gasteiger partial charge is 0.373 e. The number of hydrogen-bond acceptors (Lipinski definition) is 7. The summed E-state index contributed by atoms with van der Waals surface area (Å²) in [4.78, 5) is 20.3. The number of aromatic nitrogens is 2. The fraction of sp³-hybridized carbons (Fsp3) is 0.100. The predicted molar refractivity (Wildman–Crippen MR) is 109 cm³/mol. The number of ether oxygens (including phenoxy) is 1. The van der Waals surface area contributed by atoms with E-state index >= 15 is 0 Å². The van der Waals surface area contributed by atoms with Crippen molar-refractivity contribution in [3.63, 3.8) is 0 Å². The van der Waals surface area contributed by atoms with E-state index in [1.54, 1.807) is 17.4 Å². The maximum absolute atomic E-state index is 11.6. The standard InChI is InChI=1S/C20H16N4O3S/c25-24(26)18-19(21-10-9-17-6-3-11-28-17)22-13-23-20(18)27-16-8-7-14-4-1-2-5-15(14)12-16/h1-8,11-13H,9-10H2,(H,21,22,23). The van der Waals surface area contributed by atoms with E-state index in [9.17, 15) is 10.1 Å². The summed E-state index contributed by atoms with van der Waals surface area (Å²) in [5.74, 6) is 0.534. The summed E-state index contributed by atoms with van der Waals surface area (Å²) in [7, 11) is 0. The maximum Gasteiger partial charge on any atom is 0.373 e. The average molecular weight is 392 g/mol. The van der Waals surface area contributed by atoms with Crippen molar-refractivity contribution in [2.75, 3.05) is 11.9 Å². The molecule has 4 rings (SSSR count). The molecule has 0 fully saturated rings. The van der Waals surface area contributed by atoms with Crippen LogP contribution < -0.4 is 10.1 Å². The lowest BCUT2D eigenvalue weighted by atomic mass is 10.1. The predicted octanol–water partition coefficient (Wildman–Crippen LogP) is 5.05. The van der Waals surface area contributed by atoms with Gasteiger partial charge in [0.25, 0.3) is 0 Å². The first-order valence-electron chi connectivity index (χ1n) is 8.63. The van der Waals surface area contributed by atoms with E-state index in [-0.39, 0.29) is 17.4 Å². The van der Waals surface area contributed by atoms with E-state index in [4.69, 9.17) is 4.74 Å². The number of hydrogen-bond donors (Lipinski definition) is 1. The monoisotopic (exact) mass is 392 g/mol. The Labute approximate surface area is 164 Å². The van der Waals surface area contributed by atoms with Crippen molar-refractivity contribution in [2.24, 2.45) is 0 Å². The van der Waals surface area contributed by atoms with E-state index < -0.39 is 4.92 Å². The van der Waals surface area contributed by atoms with Crippen LogP contribution in [0.15, 0.2) is 66.3 Å². The lowest BCUT2D eigenvalue weighted by Gasteiger charge is -2.09. The van der Waals surface area contributed by atoms with Crippen molar-refractivity contribution in [1.82, 2.24) is 9.97 Å². The number of nitrogens with one attached hydrogen (secondary N) is 1. The number of nitrogens with zero attached hydrogens (tertiary/aromatic N) is 3. The van der Waals surface area contributed by atoms with Gasteiger partial charge in [0.2, 0.25) is 5.82 Å². The van der Waals surface area contributed by atoms with Crippen molar-refractivity contribution >= 4 is 33.6 Å². The number of anilines is 1. The Hall–Kier alpha value is -3.52. The summed E-state index contributed by atoms with van der Waals surface area (Å²) < 4.78 is 5.74. The number of benzene rings is 2. The van der Waals surface area contributed by atoms with Gasteiger partial charge in [-0.2, -0.15) is 4.98 Å². The van der Waals surface area contributed by atoms with Crippen LogP contribution in [0.3, 0.4) is 0 Å². The molecule has 0 saturated heterocycles. The summed E-state index contributed by atoms with van der Waals surface area (Å²) in [6.07, 6.45) is 2.01. The Morgan fingerprint density at radius 2 is 1.93 bits per heavy atom. The summed E-state index contributed by atoms with van der Waals surface area (Å²) in [6.45, 7) is 0.522. The molecular formula is C20H16N4O3S. The highest BCUT2D eigenvalue weighted by Crippen LogP contribution is 2.34. The van der Waals surface area contributed by atoms with E-state index in [1.165, 1.54) is 11.2 Å². The van der Waals surface area contributed by atoms with Crippen LogP contribution in [0, 0.1) is 10.1 Å². The molecular weight excluding hydrogens is 376 g/mol. The summed E-state index contributed by atoms with van der Waals surface area (Å²) in [6, 6.07) is 17.3. The number of fused-ring (bicyclic) bond motifs is 1. The molecule has 2 aromatic heterocycles. The van der Waals surface area contributed by atoms with Gasteiger partial charge in [0.1, 0.15) is 12.1 Å². The molecule has 140 valence electrons. The maximum atomic E-state index is 11.6. The molecule has 0 spiro atoms. The highest BCUT2D eigenvalue weighted by Gasteiger charge is 2.25. The van der Waals surface area contributed by atoms with Crippen LogP contribution >= 0.6 is 11.3 Å². The number of nitro groups is 1. The minimum absolute atomic E-state index is 0.0890. The molecule has 0 radical (unpaired) electrons. The first-order valence-corrected chi connectivity index (χ1v) is 9.51. The van der Waals surface area contributed by atoms with Gasteiger partial charge in [0, 0.05) is 11.4 Å². The Bertz CT molecular complexity index is 1120. The molecule has 28 heavy (non-hydrogen) atoms. The van der Waals surface area contributed by atoms with Gasteiger partial charge in [-0.1, -0.05) is 36.4 Å². The second-order valence-corrected chi connectivity index (χ2v) is 7.03. The Balaban J connectivity index is 1.57. The molecule has 0 aliphatic carbocycles. The molecule has 1 N–H and O–H groups in total. The largest absolute Gasteiger partial charge is 0.434 e. The summed E-state index contributed by atoms with van der Waals surface area (Å²) >= 11 is 1.64. The second-order valence-electron chi connectivity index (χ2n) is 6.00. The van der Waals surface area contributed by atoms with Gasteiger partial charge < -0.3 is 10.1 Å². The third-order valence-electron chi connectivity index (χ3n) is 4.15. The van der Waals surface area contributed by atoms with Crippen LogP contribution in [0.2, 0.25) is 0 Å². The fourth-order valence-electron chi connectivity index (χ4n) is 2.83. The van der Waals surface area contributed by atoms with Crippen LogP contribution in [0.25, 0.3) is 10.8 Å². The molecule has 0 saturated carbocycles. The molecule has 0 bridgehead atoms. The molecule has 0 unspecified atom stereocenters. The van der Waals surface area contributed by atoms with Crippen LogP contribution in [-0.2, 0) is 6.42 Å². The zero-order valence-corrected chi connectivity index (χ0v) is 15.6. The van der Waals surface area contributed by atoms with Gasteiger partial charge in [0.15, 0.2) is 0 Å².